The zero-order valence-corrected chi connectivity index (χ0v) is 19.7. The fourth-order valence-electron chi connectivity index (χ4n) is 5.32. The zero-order chi connectivity index (χ0) is 24.0. The Bertz CT molecular complexity index is 1190. The average Bonchev–Trinajstić information content (AvgIpc) is 3.63. The zero-order valence-electron chi connectivity index (χ0n) is 19.7. The average molecular weight is 474 g/mol. The van der Waals surface area contributed by atoms with E-state index >= 15 is 0 Å². The predicted octanol–water partition coefficient (Wildman–Crippen LogP) is 0.938. The van der Waals surface area contributed by atoms with Gasteiger partial charge in [0.1, 0.15) is 11.6 Å². The van der Waals surface area contributed by atoms with Gasteiger partial charge in [-0.25, -0.2) is 9.97 Å². The Hall–Kier alpha value is -3.66. The van der Waals surface area contributed by atoms with E-state index in [1.807, 2.05) is 12.4 Å². The summed E-state index contributed by atoms with van der Waals surface area (Å²) in [5, 5.41) is 22.3. The van der Waals surface area contributed by atoms with E-state index in [0.29, 0.717) is 23.5 Å². The number of nitrogens with zero attached hydrogens (tertiary/aromatic N) is 6. The number of amidine groups is 1. The lowest BCUT2D eigenvalue weighted by Gasteiger charge is -2.45. The Kier molecular flexibility index (Phi) is 5.32. The maximum Gasteiger partial charge on any atom is 0.225 e. The first-order valence-electron chi connectivity index (χ1n) is 12.2. The third-order valence-corrected chi connectivity index (χ3v) is 7.50. The van der Waals surface area contributed by atoms with Crippen molar-refractivity contribution in [3.8, 4) is 5.75 Å². The summed E-state index contributed by atoms with van der Waals surface area (Å²) in [6, 6.07) is 6.98. The van der Waals surface area contributed by atoms with Gasteiger partial charge in [-0.15, -0.1) is 0 Å². The number of benzene rings is 1. The number of anilines is 2. The van der Waals surface area contributed by atoms with Crippen LogP contribution in [0, 0.1) is 5.41 Å². The Morgan fingerprint density at radius 2 is 1.94 bits per heavy atom. The minimum Gasteiger partial charge on any atom is -0.507 e. The van der Waals surface area contributed by atoms with Crippen LogP contribution in [0.15, 0.2) is 53.4 Å². The molecule has 1 spiro atoms. The summed E-state index contributed by atoms with van der Waals surface area (Å²) in [5.41, 5.74) is 9.06. The van der Waals surface area contributed by atoms with Crippen molar-refractivity contribution in [2.45, 2.75) is 24.4 Å². The summed E-state index contributed by atoms with van der Waals surface area (Å²) in [6.45, 7) is 5.81. The highest BCUT2D eigenvalue weighted by atomic mass is 16.3. The standard InChI is InChI=1S/C25H31N9O/c26-20(19-3-1-2-4-22(19)35)11-21-23(27)28-14-18-15-32(9-10-34(18)21)24-29-12-17(13-30-24)33-8-7-31-25(16-33)5-6-25/h1-4,11-13,18,26,31,35H,5-10,14-16H2,(H2,27,28)/b21-11+,26-20?. The minimum atomic E-state index is 0.0794. The SMILES string of the molecule is N=C(/C=C1\C(N)=NCC2CN(c3ncc(N4CCNC5(CC5)C4)cn3)CCN12)c1ccccc1O. The molecule has 1 atom stereocenters. The van der Waals surface area contributed by atoms with Crippen LogP contribution in [0.3, 0.4) is 0 Å². The number of rotatable bonds is 4. The lowest BCUT2D eigenvalue weighted by Crippen LogP contribution is -2.58. The van der Waals surface area contributed by atoms with Crippen molar-refractivity contribution in [1.29, 1.82) is 5.41 Å². The van der Waals surface area contributed by atoms with Gasteiger partial charge in [-0.3, -0.25) is 4.99 Å². The summed E-state index contributed by atoms with van der Waals surface area (Å²) in [5.74, 6) is 1.25. The summed E-state index contributed by atoms with van der Waals surface area (Å²) >= 11 is 0. The van der Waals surface area contributed by atoms with E-state index in [1.54, 1.807) is 30.3 Å². The molecule has 1 aromatic heterocycles. The Morgan fingerprint density at radius 3 is 2.71 bits per heavy atom. The molecule has 0 bridgehead atoms. The number of allylic oxidation sites excluding steroid dienone is 1. The molecule has 2 saturated heterocycles. The van der Waals surface area contributed by atoms with Gasteiger partial charge in [-0.1, -0.05) is 12.1 Å². The number of nitrogens with two attached hydrogens (primary N) is 1. The molecular formula is C25H31N9O. The van der Waals surface area contributed by atoms with E-state index in [2.05, 4.69) is 25.0 Å². The Balaban J connectivity index is 1.15. The number of phenolic OH excluding ortho intramolecular Hbond substituents is 1. The normalized spacial score (nSPS) is 24.3. The fourth-order valence-corrected chi connectivity index (χ4v) is 5.32. The molecule has 1 aliphatic carbocycles. The number of fused-ring (bicyclic) bond motifs is 1. The first kappa shape index (κ1) is 21.8. The number of aromatic hydroxyl groups is 1. The van der Waals surface area contributed by atoms with Crippen LogP contribution in [-0.4, -0.2) is 88.9 Å². The fraction of sp³-hybridized carbons (Fsp3) is 0.440. The molecule has 3 aliphatic heterocycles. The number of aliphatic imine (C=N–C) groups is 1. The highest BCUT2D eigenvalue weighted by Crippen LogP contribution is 2.38. The van der Waals surface area contributed by atoms with Crippen molar-refractivity contribution in [1.82, 2.24) is 20.2 Å². The van der Waals surface area contributed by atoms with Crippen molar-refractivity contribution < 1.29 is 5.11 Å². The highest BCUT2D eigenvalue weighted by Gasteiger charge is 2.45. The first-order chi connectivity index (χ1) is 17.0. The molecule has 4 heterocycles. The van der Waals surface area contributed by atoms with E-state index in [9.17, 15) is 5.11 Å². The minimum absolute atomic E-state index is 0.0794. The van der Waals surface area contributed by atoms with Crippen molar-refractivity contribution in [3.63, 3.8) is 0 Å². The quantitative estimate of drug-likeness (QED) is 0.483. The van der Waals surface area contributed by atoms with E-state index in [1.165, 1.54) is 12.8 Å². The summed E-state index contributed by atoms with van der Waals surface area (Å²) < 4.78 is 0. The van der Waals surface area contributed by atoms with Crippen molar-refractivity contribution in [2.24, 2.45) is 10.7 Å². The summed E-state index contributed by atoms with van der Waals surface area (Å²) in [7, 11) is 0. The second kappa shape index (κ2) is 8.53. The Morgan fingerprint density at radius 1 is 1.14 bits per heavy atom. The van der Waals surface area contributed by atoms with Crippen LogP contribution < -0.4 is 20.9 Å². The Labute approximate surface area is 204 Å². The van der Waals surface area contributed by atoms with Crippen LogP contribution >= 0.6 is 0 Å². The van der Waals surface area contributed by atoms with E-state index in [4.69, 9.17) is 21.1 Å². The largest absolute Gasteiger partial charge is 0.507 e. The molecule has 35 heavy (non-hydrogen) atoms. The third kappa shape index (κ3) is 4.18. The van der Waals surface area contributed by atoms with E-state index in [-0.39, 0.29) is 17.5 Å². The summed E-state index contributed by atoms with van der Waals surface area (Å²) in [4.78, 5) is 20.8. The number of phenols is 1. The lowest BCUT2D eigenvalue weighted by atomic mass is 10.0. The number of hydrogen-bond donors (Lipinski definition) is 4. The molecule has 1 saturated carbocycles. The van der Waals surface area contributed by atoms with Crippen LogP contribution in [0.5, 0.6) is 5.75 Å². The van der Waals surface area contributed by atoms with E-state index in [0.717, 1.165) is 56.6 Å². The van der Waals surface area contributed by atoms with Gasteiger partial charge in [0.05, 0.1) is 42.1 Å². The molecule has 10 heteroatoms. The van der Waals surface area contributed by atoms with Gasteiger partial charge in [0.25, 0.3) is 0 Å². The van der Waals surface area contributed by atoms with Gasteiger partial charge in [0, 0.05) is 50.4 Å². The number of para-hydroxylation sites is 1. The van der Waals surface area contributed by atoms with Gasteiger partial charge >= 0.3 is 0 Å². The van der Waals surface area contributed by atoms with Gasteiger partial charge in [-0.2, -0.15) is 0 Å². The maximum absolute atomic E-state index is 10.1. The molecule has 10 nitrogen and oxygen atoms in total. The number of nitrogens with one attached hydrogen (secondary N) is 2. The number of aromatic nitrogens is 2. The molecule has 3 fully saturated rings. The second-order valence-corrected chi connectivity index (χ2v) is 9.85. The maximum atomic E-state index is 10.1. The van der Waals surface area contributed by atoms with Crippen LogP contribution in [0.4, 0.5) is 11.6 Å². The van der Waals surface area contributed by atoms with Gasteiger partial charge in [0.15, 0.2) is 0 Å². The monoisotopic (exact) mass is 473 g/mol. The molecule has 5 N–H and O–H groups in total. The number of hydrogen-bond acceptors (Lipinski definition) is 10. The molecule has 6 rings (SSSR count). The molecule has 2 aromatic rings. The third-order valence-electron chi connectivity index (χ3n) is 7.50. The highest BCUT2D eigenvalue weighted by molar-refractivity contribution is 6.13. The van der Waals surface area contributed by atoms with Gasteiger partial charge in [0.2, 0.25) is 5.95 Å². The molecule has 0 amide bonds. The van der Waals surface area contributed by atoms with Crippen LogP contribution in [-0.2, 0) is 0 Å². The van der Waals surface area contributed by atoms with Crippen molar-refractivity contribution >= 4 is 23.2 Å². The topological polar surface area (TPSA) is 130 Å². The lowest BCUT2D eigenvalue weighted by molar-refractivity contribution is 0.234. The molecule has 1 aromatic carbocycles. The first-order valence-corrected chi connectivity index (χ1v) is 12.2. The van der Waals surface area contributed by atoms with Crippen LogP contribution in [0.1, 0.15) is 18.4 Å². The van der Waals surface area contributed by atoms with E-state index < -0.39 is 0 Å². The van der Waals surface area contributed by atoms with Gasteiger partial charge in [-0.05, 0) is 31.1 Å². The summed E-state index contributed by atoms with van der Waals surface area (Å²) in [6.07, 6.45) is 8.12. The van der Waals surface area contributed by atoms with Gasteiger partial charge < -0.3 is 36.3 Å². The van der Waals surface area contributed by atoms with Crippen molar-refractivity contribution in [3.05, 3.63) is 54.0 Å². The molecule has 4 aliphatic rings. The molecule has 182 valence electrons. The number of piperazine rings is 2. The van der Waals surface area contributed by atoms with Crippen molar-refractivity contribution in [2.75, 3.05) is 55.6 Å². The molecule has 1 unspecified atom stereocenters. The van der Waals surface area contributed by atoms with Crippen LogP contribution in [0.2, 0.25) is 0 Å². The predicted molar refractivity (Wildman–Crippen MR) is 136 cm³/mol. The smallest absolute Gasteiger partial charge is 0.225 e. The van der Waals surface area contributed by atoms with Crippen LogP contribution in [0.25, 0.3) is 0 Å². The molecule has 0 radical (unpaired) electrons. The molecular weight excluding hydrogens is 442 g/mol. The second-order valence-electron chi connectivity index (χ2n) is 9.85.